The Labute approximate surface area is 384 Å². The standard InChI is InChI=1S/C61H80N2/c1-12-17-21-42-61(43-22-18-13-2)57-44-49(60(10,11)46(6)7)29-39-55(57)56-40-38-54(45-58(56)61)62(50-30-25-47(26-31-50)23-19-14-3)51-34-36-53(37-35-51)63(59(8,9)41-16-5)52-32-27-48(28-33-52)24-20-15-4/h12-13,25-40,44-46H,1-2,14-24,41-43H2,3-11H3. The topological polar surface area (TPSA) is 6.48 Å². The number of aryl methyl sites for hydroxylation is 2. The van der Waals surface area contributed by atoms with Gasteiger partial charge in [0.05, 0.1) is 0 Å². The van der Waals surface area contributed by atoms with E-state index in [1.807, 2.05) is 0 Å². The average Bonchev–Trinajstić information content (AvgIpc) is 3.54. The molecule has 0 fully saturated rings. The average molecular weight is 841 g/mol. The maximum absolute atomic E-state index is 4.15. The molecule has 0 saturated heterocycles. The predicted octanol–water partition coefficient (Wildman–Crippen LogP) is 18.5. The van der Waals surface area contributed by atoms with Crippen LogP contribution in [0.3, 0.4) is 0 Å². The summed E-state index contributed by atoms with van der Waals surface area (Å²) >= 11 is 0. The Morgan fingerprint density at radius 2 is 0.984 bits per heavy atom. The van der Waals surface area contributed by atoms with Gasteiger partial charge in [0.2, 0.25) is 0 Å². The monoisotopic (exact) mass is 841 g/mol. The molecule has 0 unspecified atom stereocenters. The second-order valence-electron chi connectivity index (χ2n) is 20.1. The SMILES string of the molecule is C=CCCCC1(CCCC=C)c2cc(N(c3ccc(CCCC)cc3)c3ccc(N(c4ccc(CCCC)cc4)C(C)(C)CCC)cc3)ccc2-c2ccc(C(C)(C)C(C)C)cc21. The van der Waals surface area contributed by atoms with Gasteiger partial charge in [-0.1, -0.05) is 128 Å². The van der Waals surface area contributed by atoms with Gasteiger partial charge in [0.1, 0.15) is 0 Å². The zero-order chi connectivity index (χ0) is 45.2. The molecule has 63 heavy (non-hydrogen) atoms. The second-order valence-corrected chi connectivity index (χ2v) is 20.1. The van der Waals surface area contributed by atoms with Crippen LogP contribution < -0.4 is 9.80 Å². The van der Waals surface area contributed by atoms with Gasteiger partial charge in [-0.05, 0) is 195 Å². The van der Waals surface area contributed by atoms with E-state index in [0.717, 1.165) is 64.2 Å². The lowest BCUT2D eigenvalue weighted by Gasteiger charge is -2.41. The van der Waals surface area contributed by atoms with Crippen LogP contribution in [0, 0.1) is 5.92 Å². The summed E-state index contributed by atoms with van der Waals surface area (Å²) < 4.78 is 0. The van der Waals surface area contributed by atoms with Crippen molar-refractivity contribution in [2.75, 3.05) is 9.80 Å². The van der Waals surface area contributed by atoms with Gasteiger partial charge in [-0.15, -0.1) is 13.2 Å². The first kappa shape index (κ1) is 47.7. The van der Waals surface area contributed by atoms with E-state index in [-0.39, 0.29) is 16.4 Å². The smallest absolute Gasteiger partial charge is 0.0465 e. The molecule has 334 valence electrons. The molecule has 0 heterocycles. The van der Waals surface area contributed by atoms with E-state index in [1.165, 1.54) is 93.1 Å². The van der Waals surface area contributed by atoms with Crippen LogP contribution in [0.4, 0.5) is 28.4 Å². The molecule has 0 saturated carbocycles. The minimum Gasteiger partial charge on any atom is -0.336 e. The van der Waals surface area contributed by atoms with Gasteiger partial charge in [-0.3, -0.25) is 0 Å². The van der Waals surface area contributed by atoms with Crippen LogP contribution in [0.1, 0.15) is 167 Å². The molecule has 5 aromatic carbocycles. The van der Waals surface area contributed by atoms with Crippen molar-refractivity contribution in [1.29, 1.82) is 0 Å². The summed E-state index contributed by atoms with van der Waals surface area (Å²) in [6.45, 7) is 29.5. The Balaban J connectivity index is 1.51. The van der Waals surface area contributed by atoms with Crippen LogP contribution in [0.15, 0.2) is 135 Å². The van der Waals surface area contributed by atoms with Crippen LogP contribution in [-0.2, 0) is 23.7 Å². The second kappa shape index (κ2) is 21.2. The molecule has 2 heteroatoms. The summed E-state index contributed by atoms with van der Waals surface area (Å²) in [5.74, 6) is 0.524. The molecule has 0 radical (unpaired) electrons. The molecule has 0 atom stereocenters. The predicted molar refractivity (Wildman–Crippen MR) is 278 cm³/mol. The molecule has 0 N–H and O–H groups in total. The number of fused-ring (bicyclic) bond motifs is 3. The van der Waals surface area contributed by atoms with E-state index < -0.39 is 0 Å². The number of hydrogen-bond donors (Lipinski definition) is 0. The first-order valence-electron chi connectivity index (χ1n) is 24.7. The van der Waals surface area contributed by atoms with E-state index in [0.29, 0.717) is 5.92 Å². The number of anilines is 5. The zero-order valence-electron chi connectivity index (χ0n) is 40.8. The summed E-state index contributed by atoms with van der Waals surface area (Å²) in [4.78, 5) is 5.07. The first-order chi connectivity index (χ1) is 30.3. The van der Waals surface area contributed by atoms with Crippen molar-refractivity contribution >= 4 is 28.4 Å². The van der Waals surface area contributed by atoms with Gasteiger partial charge in [0.25, 0.3) is 0 Å². The van der Waals surface area contributed by atoms with Crippen LogP contribution in [0.5, 0.6) is 0 Å². The molecule has 0 aromatic heterocycles. The quantitative estimate of drug-likeness (QED) is 0.0451. The number of allylic oxidation sites excluding steroid dienone is 2. The third kappa shape index (κ3) is 10.4. The lowest BCUT2D eigenvalue weighted by Crippen LogP contribution is -2.40. The maximum atomic E-state index is 4.15. The fourth-order valence-electron chi connectivity index (χ4n) is 10.3. The summed E-state index contributed by atoms with van der Waals surface area (Å²) in [5.41, 5.74) is 16.0. The molecule has 0 bridgehead atoms. The van der Waals surface area contributed by atoms with Crippen molar-refractivity contribution < 1.29 is 0 Å². The molecular formula is C61H80N2. The molecule has 0 spiro atoms. The molecule has 0 aliphatic heterocycles. The summed E-state index contributed by atoms with van der Waals surface area (Å²) in [7, 11) is 0. The molecule has 5 aromatic rings. The molecule has 6 rings (SSSR count). The molecule has 1 aliphatic rings. The van der Waals surface area contributed by atoms with Crippen LogP contribution in [0.2, 0.25) is 0 Å². The molecular weight excluding hydrogens is 761 g/mol. The number of rotatable bonds is 24. The van der Waals surface area contributed by atoms with Crippen molar-refractivity contribution in [2.24, 2.45) is 5.92 Å². The highest BCUT2D eigenvalue weighted by atomic mass is 15.2. The molecule has 1 aliphatic carbocycles. The Bertz CT molecular complexity index is 2220. The van der Waals surface area contributed by atoms with Crippen molar-refractivity contribution in [3.63, 3.8) is 0 Å². The zero-order valence-corrected chi connectivity index (χ0v) is 40.8. The first-order valence-corrected chi connectivity index (χ1v) is 24.7. The van der Waals surface area contributed by atoms with Gasteiger partial charge in [0, 0.05) is 39.4 Å². The maximum Gasteiger partial charge on any atom is 0.0465 e. The molecule has 2 nitrogen and oxygen atoms in total. The highest BCUT2D eigenvalue weighted by Gasteiger charge is 2.43. The van der Waals surface area contributed by atoms with Gasteiger partial charge in [-0.25, -0.2) is 0 Å². The number of hydrogen-bond acceptors (Lipinski definition) is 2. The van der Waals surface area contributed by atoms with Crippen LogP contribution in [0.25, 0.3) is 11.1 Å². The van der Waals surface area contributed by atoms with Crippen molar-refractivity contribution in [3.8, 4) is 11.1 Å². The summed E-state index contributed by atoms with van der Waals surface area (Å²) in [6.07, 6.45) is 19.9. The minimum absolute atomic E-state index is 0.0605. The fraction of sp³-hybridized carbons (Fsp3) is 0.443. The molecule has 0 amide bonds. The Morgan fingerprint density at radius 1 is 0.540 bits per heavy atom. The Morgan fingerprint density at radius 3 is 1.46 bits per heavy atom. The Kier molecular flexibility index (Phi) is 16.1. The van der Waals surface area contributed by atoms with Crippen LogP contribution in [-0.4, -0.2) is 5.54 Å². The van der Waals surface area contributed by atoms with Gasteiger partial charge in [-0.2, -0.15) is 0 Å². The van der Waals surface area contributed by atoms with Gasteiger partial charge in [0.15, 0.2) is 0 Å². The van der Waals surface area contributed by atoms with Crippen molar-refractivity contribution in [2.45, 2.75) is 169 Å². The fourth-order valence-corrected chi connectivity index (χ4v) is 10.3. The Hall–Kier alpha value is -4.82. The largest absolute Gasteiger partial charge is 0.336 e. The van der Waals surface area contributed by atoms with E-state index in [1.54, 1.807) is 0 Å². The number of benzene rings is 5. The summed E-state index contributed by atoms with van der Waals surface area (Å²) in [6, 6.07) is 43.0. The highest BCUT2D eigenvalue weighted by molar-refractivity contribution is 5.86. The van der Waals surface area contributed by atoms with E-state index >= 15 is 0 Å². The third-order valence-electron chi connectivity index (χ3n) is 14.7. The van der Waals surface area contributed by atoms with E-state index in [4.69, 9.17) is 0 Å². The van der Waals surface area contributed by atoms with E-state index in [2.05, 4.69) is 207 Å². The van der Waals surface area contributed by atoms with Gasteiger partial charge < -0.3 is 9.80 Å². The van der Waals surface area contributed by atoms with Gasteiger partial charge >= 0.3 is 0 Å². The van der Waals surface area contributed by atoms with Crippen LogP contribution >= 0.6 is 0 Å². The normalized spacial score (nSPS) is 13.2. The van der Waals surface area contributed by atoms with Crippen molar-refractivity contribution in [1.82, 2.24) is 0 Å². The third-order valence-corrected chi connectivity index (χ3v) is 14.7. The summed E-state index contributed by atoms with van der Waals surface area (Å²) in [5, 5.41) is 0. The number of unbranched alkanes of at least 4 members (excludes halogenated alkanes) is 4. The number of nitrogens with zero attached hydrogens (tertiary/aromatic N) is 2. The van der Waals surface area contributed by atoms with Crippen molar-refractivity contribution in [3.05, 3.63) is 162 Å². The minimum atomic E-state index is -0.104. The highest BCUT2D eigenvalue weighted by Crippen LogP contribution is 2.56. The lowest BCUT2D eigenvalue weighted by atomic mass is 9.68. The van der Waals surface area contributed by atoms with E-state index in [9.17, 15) is 0 Å². The lowest BCUT2D eigenvalue weighted by molar-refractivity contribution is 0.370.